The van der Waals surface area contributed by atoms with Gasteiger partial charge in [0, 0.05) is 39.4 Å². The van der Waals surface area contributed by atoms with Gasteiger partial charge in [-0.1, -0.05) is 0 Å². The lowest BCUT2D eigenvalue weighted by Gasteiger charge is -2.24. The second kappa shape index (κ2) is 8.93. The smallest absolute Gasteiger partial charge is 0.0699 e. The molecule has 0 aromatic carbocycles. The number of methoxy groups -OCH3 is 1. The van der Waals surface area contributed by atoms with E-state index in [1.807, 2.05) is 0 Å². The van der Waals surface area contributed by atoms with Crippen molar-refractivity contribution in [3.05, 3.63) is 0 Å². The van der Waals surface area contributed by atoms with Crippen LogP contribution in [0.5, 0.6) is 0 Å². The maximum absolute atomic E-state index is 5.67. The molecule has 96 valence electrons. The van der Waals surface area contributed by atoms with Crippen LogP contribution in [0.3, 0.4) is 0 Å². The molecular weight excluding hydrogens is 204 g/mol. The lowest BCUT2D eigenvalue weighted by molar-refractivity contribution is 0.0156. The summed E-state index contributed by atoms with van der Waals surface area (Å²) in [6, 6.07) is 0.488. The fraction of sp³-hybridized carbons (Fsp3) is 1.00. The van der Waals surface area contributed by atoms with Crippen LogP contribution in [0, 0.1) is 0 Å². The van der Waals surface area contributed by atoms with Gasteiger partial charge in [0.2, 0.25) is 0 Å². The number of nitrogens with one attached hydrogen (secondary N) is 2. The van der Waals surface area contributed by atoms with Gasteiger partial charge in [-0.05, 0) is 26.2 Å². The van der Waals surface area contributed by atoms with Crippen molar-refractivity contribution in [3.63, 3.8) is 0 Å². The molecule has 1 aliphatic rings. The van der Waals surface area contributed by atoms with Crippen molar-refractivity contribution in [2.75, 3.05) is 40.0 Å². The highest BCUT2D eigenvalue weighted by molar-refractivity contribution is 4.70. The maximum Gasteiger partial charge on any atom is 0.0699 e. The van der Waals surface area contributed by atoms with Crippen LogP contribution in [0.1, 0.15) is 26.2 Å². The first-order chi connectivity index (χ1) is 7.83. The average Bonchev–Trinajstić information content (AvgIpc) is 2.33. The third-order valence-electron chi connectivity index (χ3n) is 2.90. The van der Waals surface area contributed by atoms with Gasteiger partial charge >= 0.3 is 0 Å². The molecule has 0 aromatic rings. The summed E-state index contributed by atoms with van der Waals surface area (Å²) in [7, 11) is 1.73. The Morgan fingerprint density at radius 2 is 2.31 bits per heavy atom. The van der Waals surface area contributed by atoms with Gasteiger partial charge in [-0.3, -0.25) is 0 Å². The quantitative estimate of drug-likeness (QED) is 0.604. The first-order valence-electron chi connectivity index (χ1n) is 6.37. The molecule has 1 fully saturated rings. The van der Waals surface area contributed by atoms with Crippen molar-refractivity contribution in [2.45, 2.75) is 38.3 Å². The van der Waals surface area contributed by atoms with Crippen molar-refractivity contribution < 1.29 is 9.47 Å². The van der Waals surface area contributed by atoms with Crippen LogP contribution in [0.4, 0.5) is 0 Å². The van der Waals surface area contributed by atoms with Gasteiger partial charge in [0.1, 0.15) is 0 Å². The molecular formula is C12H26N2O2. The van der Waals surface area contributed by atoms with Gasteiger partial charge in [-0.25, -0.2) is 0 Å². The van der Waals surface area contributed by atoms with E-state index in [-0.39, 0.29) is 0 Å². The molecule has 2 unspecified atom stereocenters. The molecule has 0 bridgehead atoms. The molecule has 0 aliphatic carbocycles. The Morgan fingerprint density at radius 1 is 1.44 bits per heavy atom. The Labute approximate surface area is 99.1 Å². The number of rotatable bonds is 8. The van der Waals surface area contributed by atoms with Crippen molar-refractivity contribution in [2.24, 2.45) is 0 Å². The van der Waals surface area contributed by atoms with E-state index >= 15 is 0 Å². The summed E-state index contributed by atoms with van der Waals surface area (Å²) in [6.45, 7) is 6.79. The van der Waals surface area contributed by atoms with E-state index in [1.54, 1.807) is 7.11 Å². The Kier molecular flexibility index (Phi) is 7.76. The molecule has 1 aliphatic heterocycles. The average molecular weight is 230 g/mol. The minimum absolute atomic E-state index is 0.426. The van der Waals surface area contributed by atoms with Crippen LogP contribution < -0.4 is 10.6 Å². The van der Waals surface area contributed by atoms with Crippen LogP contribution in [0.2, 0.25) is 0 Å². The van der Waals surface area contributed by atoms with Crippen LogP contribution in [0.15, 0.2) is 0 Å². The SMILES string of the molecule is COCCNCC(C)NCC1CCCCO1. The zero-order chi connectivity index (χ0) is 11.6. The predicted octanol–water partition coefficient (Wildman–Crippen LogP) is 0.770. The molecule has 16 heavy (non-hydrogen) atoms. The molecule has 0 amide bonds. The standard InChI is InChI=1S/C12H26N2O2/c1-11(9-13-6-8-15-2)14-10-12-5-3-4-7-16-12/h11-14H,3-10H2,1-2H3. The summed E-state index contributed by atoms with van der Waals surface area (Å²) in [5, 5.41) is 6.85. The highest BCUT2D eigenvalue weighted by Crippen LogP contribution is 2.11. The monoisotopic (exact) mass is 230 g/mol. The molecule has 4 nitrogen and oxygen atoms in total. The van der Waals surface area contributed by atoms with Crippen LogP contribution in [-0.2, 0) is 9.47 Å². The fourth-order valence-corrected chi connectivity index (χ4v) is 1.87. The van der Waals surface area contributed by atoms with Crippen molar-refractivity contribution in [3.8, 4) is 0 Å². The van der Waals surface area contributed by atoms with Gasteiger partial charge in [0.15, 0.2) is 0 Å². The molecule has 0 radical (unpaired) electrons. The lowest BCUT2D eigenvalue weighted by Crippen LogP contribution is -2.42. The van der Waals surface area contributed by atoms with Gasteiger partial charge in [-0.15, -0.1) is 0 Å². The highest BCUT2D eigenvalue weighted by Gasteiger charge is 2.14. The third kappa shape index (κ3) is 6.43. The van der Waals surface area contributed by atoms with Crippen LogP contribution >= 0.6 is 0 Å². The normalized spacial score (nSPS) is 23.2. The molecule has 1 heterocycles. The first kappa shape index (κ1) is 13.9. The maximum atomic E-state index is 5.67. The fourth-order valence-electron chi connectivity index (χ4n) is 1.87. The zero-order valence-electron chi connectivity index (χ0n) is 10.6. The van der Waals surface area contributed by atoms with Crippen molar-refractivity contribution in [1.29, 1.82) is 0 Å². The van der Waals surface area contributed by atoms with E-state index < -0.39 is 0 Å². The first-order valence-corrected chi connectivity index (χ1v) is 6.37. The summed E-state index contributed by atoms with van der Waals surface area (Å²) in [5.74, 6) is 0. The second-order valence-electron chi connectivity index (χ2n) is 4.49. The molecule has 0 aromatic heterocycles. The predicted molar refractivity (Wildman–Crippen MR) is 65.8 cm³/mol. The molecule has 0 saturated carbocycles. The van der Waals surface area contributed by atoms with E-state index in [2.05, 4.69) is 17.6 Å². The van der Waals surface area contributed by atoms with Gasteiger partial charge in [-0.2, -0.15) is 0 Å². The minimum atomic E-state index is 0.426. The summed E-state index contributed by atoms with van der Waals surface area (Å²) < 4.78 is 10.6. The topological polar surface area (TPSA) is 42.5 Å². The molecule has 0 spiro atoms. The Bertz CT molecular complexity index is 161. The summed E-state index contributed by atoms with van der Waals surface area (Å²) in [6.07, 6.45) is 4.17. The van der Waals surface area contributed by atoms with E-state index in [4.69, 9.17) is 9.47 Å². The van der Waals surface area contributed by atoms with E-state index in [0.29, 0.717) is 12.1 Å². The molecule has 2 atom stereocenters. The number of hydrogen-bond acceptors (Lipinski definition) is 4. The zero-order valence-corrected chi connectivity index (χ0v) is 10.6. The van der Waals surface area contributed by atoms with E-state index in [9.17, 15) is 0 Å². The Balaban J connectivity index is 1.94. The third-order valence-corrected chi connectivity index (χ3v) is 2.90. The Morgan fingerprint density at radius 3 is 3.00 bits per heavy atom. The van der Waals surface area contributed by atoms with Crippen LogP contribution in [0.25, 0.3) is 0 Å². The van der Waals surface area contributed by atoms with Crippen molar-refractivity contribution in [1.82, 2.24) is 10.6 Å². The summed E-state index contributed by atoms with van der Waals surface area (Å²) in [4.78, 5) is 0. The summed E-state index contributed by atoms with van der Waals surface area (Å²) >= 11 is 0. The molecule has 1 rings (SSSR count). The molecule has 4 heteroatoms. The van der Waals surface area contributed by atoms with Gasteiger partial charge < -0.3 is 20.1 Å². The molecule has 2 N–H and O–H groups in total. The number of ether oxygens (including phenoxy) is 2. The molecule has 1 saturated heterocycles. The summed E-state index contributed by atoms with van der Waals surface area (Å²) in [5.41, 5.74) is 0. The van der Waals surface area contributed by atoms with E-state index in [1.165, 1.54) is 19.3 Å². The van der Waals surface area contributed by atoms with E-state index in [0.717, 1.165) is 32.8 Å². The van der Waals surface area contributed by atoms with Gasteiger partial charge in [0.25, 0.3) is 0 Å². The highest BCUT2D eigenvalue weighted by atomic mass is 16.5. The Hall–Kier alpha value is -0.160. The minimum Gasteiger partial charge on any atom is -0.383 e. The van der Waals surface area contributed by atoms with Crippen molar-refractivity contribution >= 4 is 0 Å². The largest absolute Gasteiger partial charge is 0.383 e. The second-order valence-corrected chi connectivity index (χ2v) is 4.49. The van der Waals surface area contributed by atoms with Gasteiger partial charge in [0.05, 0.1) is 12.7 Å². The lowest BCUT2D eigenvalue weighted by atomic mass is 10.1. The van der Waals surface area contributed by atoms with Crippen LogP contribution in [-0.4, -0.2) is 52.1 Å². The number of hydrogen-bond donors (Lipinski definition) is 2.